The van der Waals surface area contributed by atoms with Gasteiger partial charge in [0, 0.05) is 6.04 Å². The molecule has 0 aromatic rings. The first-order valence-corrected chi connectivity index (χ1v) is 4.40. The number of hydrogen-bond acceptors (Lipinski definition) is 1. The average molecular weight is 141 g/mol. The summed E-state index contributed by atoms with van der Waals surface area (Å²) >= 11 is 0. The molecule has 1 aliphatic heterocycles. The van der Waals surface area contributed by atoms with Crippen molar-refractivity contribution in [3.63, 3.8) is 0 Å². The van der Waals surface area contributed by atoms with E-state index in [1.807, 2.05) is 0 Å². The van der Waals surface area contributed by atoms with Crippen molar-refractivity contribution in [2.24, 2.45) is 5.41 Å². The van der Waals surface area contributed by atoms with E-state index >= 15 is 0 Å². The molecule has 0 bridgehead atoms. The lowest BCUT2D eigenvalue weighted by Gasteiger charge is -2.25. The van der Waals surface area contributed by atoms with Gasteiger partial charge in [-0.3, -0.25) is 0 Å². The van der Waals surface area contributed by atoms with Crippen molar-refractivity contribution < 1.29 is 0 Å². The molecule has 1 aliphatic rings. The van der Waals surface area contributed by atoms with Gasteiger partial charge in [0.25, 0.3) is 0 Å². The number of rotatable bonds is 2. The Labute approximate surface area is 64.2 Å². The van der Waals surface area contributed by atoms with Crippen molar-refractivity contribution in [1.29, 1.82) is 0 Å². The summed E-state index contributed by atoms with van der Waals surface area (Å²) in [5, 5.41) is 3.55. The molecule has 1 nitrogen and oxygen atoms in total. The highest BCUT2D eigenvalue weighted by molar-refractivity contribution is 4.90. The average Bonchev–Trinajstić information content (AvgIpc) is 2.13. The predicted molar refractivity (Wildman–Crippen MR) is 45.1 cm³/mol. The first-order chi connectivity index (χ1) is 4.67. The summed E-state index contributed by atoms with van der Waals surface area (Å²) in [4.78, 5) is 0. The van der Waals surface area contributed by atoms with Crippen LogP contribution in [0.4, 0.5) is 0 Å². The van der Waals surface area contributed by atoms with Crippen LogP contribution >= 0.6 is 0 Å². The van der Waals surface area contributed by atoms with E-state index in [1.54, 1.807) is 0 Å². The van der Waals surface area contributed by atoms with Gasteiger partial charge in [-0.05, 0) is 24.8 Å². The van der Waals surface area contributed by atoms with Crippen molar-refractivity contribution in [1.82, 2.24) is 5.32 Å². The van der Waals surface area contributed by atoms with Gasteiger partial charge in [0.2, 0.25) is 0 Å². The van der Waals surface area contributed by atoms with E-state index in [0.717, 1.165) is 6.04 Å². The lowest BCUT2D eigenvalue weighted by atomic mass is 9.83. The highest BCUT2D eigenvalue weighted by Crippen LogP contribution is 2.31. The van der Waals surface area contributed by atoms with Crippen LogP contribution in [0.15, 0.2) is 0 Å². The summed E-state index contributed by atoms with van der Waals surface area (Å²) in [6, 6.07) is 0.775. The maximum Gasteiger partial charge on any atom is 0.0119 e. The van der Waals surface area contributed by atoms with Crippen molar-refractivity contribution in [3.8, 4) is 0 Å². The van der Waals surface area contributed by atoms with Crippen LogP contribution in [0.25, 0.3) is 0 Å². The maximum absolute atomic E-state index is 3.55. The van der Waals surface area contributed by atoms with Crippen LogP contribution in [0.2, 0.25) is 0 Å². The second-order valence-corrected chi connectivity index (χ2v) is 4.03. The van der Waals surface area contributed by atoms with E-state index in [0.29, 0.717) is 5.41 Å². The molecule has 1 heterocycles. The van der Waals surface area contributed by atoms with Crippen LogP contribution in [0.3, 0.4) is 0 Å². The zero-order valence-corrected chi connectivity index (χ0v) is 7.41. The third kappa shape index (κ3) is 1.51. The van der Waals surface area contributed by atoms with Gasteiger partial charge >= 0.3 is 0 Å². The van der Waals surface area contributed by atoms with Crippen LogP contribution < -0.4 is 5.32 Å². The van der Waals surface area contributed by atoms with Crippen molar-refractivity contribution in [2.75, 3.05) is 6.54 Å². The fraction of sp³-hybridized carbons (Fsp3) is 1.00. The van der Waals surface area contributed by atoms with Gasteiger partial charge in [0.1, 0.15) is 0 Å². The molecule has 10 heavy (non-hydrogen) atoms. The van der Waals surface area contributed by atoms with Gasteiger partial charge in [0.15, 0.2) is 0 Å². The first-order valence-electron chi connectivity index (χ1n) is 4.40. The lowest BCUT2D eigenvalue weighted by molar-refractivity contribution is 0.298. The van der Waals surface area contributed by atoms with E-state index in [1.165, 1.54) is 25.8 Å². The molecule has 1 N–H and O–H groups in total. The smallest absolute Gasteiger partial charge is 0.0119 e. The van der Waals surface area contributed by atoms with Crippen LogP contribution in [0.5, 0.6) is 0 Å². The van der Waals surface area contributed by atoms with E-state index in [9.17, 15) is 0 Å². The monoisotopic (exact) mass is 141 g/mol. The lowest BCUT2D eigenvalue weighted by Crippen LogP contribution is -2.31. The molecule has 1 heteroatoms. The molecule has 0 aromatic heterocycles. The molecule has 0 saturated carbocycles. The number of nitrogens with one attached hydrogen (secondary N) is 1. The van der Waals surface area contributed by atoms with E-state index in [4.69, 9.17) is 0 Å². The molecule has 0 aliphatic carbocycles. The Balaban J connectivity index is 2.43. The van der Waals surface area contributed by atoms with Crippen LogP contribution in [0, 0.1) is 5.41 Å². The summed E-state index contributed by atoms with van der Waals surface area (Å²) in [5.74, 6) is 0. The van der Waals surface area contributed by atoms with Gasteiger partial charge in [-0.2, -0.15) is 0 Å². The third-order valence-electron chi connectivity index (χ3n) is 2.68. The first kappa shape index (κ1) is 8.06. The van der Waals surface area contributed by atoms with Crippen molar-refractivity contribution in [2.45, 2.75) is 46.1 Å². The highest BCUT2D eigenvalue weighted by atomic mass is 15.0. The van der Waals surface area contributed by atoms with Gasteiger partial charge < -0.3 is 5.32 Å². The Hall–Kier alpha value is -0.0400. The van der Waals surface area contributed by atoms with E-state index in [2.05, 4.69) is 26.1 Å². The molecule has 1 fully saturated rings. The summed E-state index contributed by atoms with van der Waals surface area (Å²) in [7, 11) is 0. The normalized spacial score (nSPS) is 30.9. The second kappa shape index (κ2) is 2.91. The Morgan fingerprint density at radius 2 is 2.20 bits per heavy atom. The van der Waals surface area contributed by atoms with E-state index < -0.39 is 0 Å². The molecule has 0 radical (unpaired) electrons. The summed E-state index contributed by atoms with van der Waals surface area (Å²) in [6.07, 6.45) is 3.99. The Kier molecular flexibility index (Phi) is 2.35. The van der Waals surface area contributed by atoms with Gasteiger partial charge in [0.05, 0.1) is 0 Å². The minimum Gasteiger partial charge on any atom is -0.313 e. The molecule has 1 rings (SSSR count). The molecule has 1 unspecified atom stereocenters. The fourth-order valence-electron chi connectivity index (χ4n) is 1.80. The molecule has 0 aromatic carbocycles. The summed E-state index contributed by atoms with van der Waals surface area (Å²) < 4.78 is 0. The molecule has 1 atom stereocenters. The Bertz CT molecular complexity index is 107. The largest absolute Gasteiger partial charge is 0.313 e. The molecule has 1 saturated heterocycles. The molecule has 0 amide bonds. The number of hydrogen-bond donors (Lipinski definition) is 1. The third-order valence-corrected chi connectivity index (χ3v) is 2.68. The van der Waals surface area contributed by atoms with Crippen LogP contribution in [-0.2, 0) is 0 Å². The maximum atomic E-state index is 3.55. The van der Waals surface area contributed by atoms with Crippen molar-refractivity contribution >= 4 is 0 Å². The second-order valence-electron chi connectivity index (χ2n) is 4.03. The van der Waals surface area contributed by atoms with E-state index in [-0.39, 0.29) is 0 Å². The van der Waals surface area contributed by atoms with Crippen molar-refractivity contribution in [3.05, 3.63) is 0 Å². The molecular formula is C9H19N. The molecule has 0 spiro atoms. The highest BCUT2D eigenvalue weighted by Gasteiger charge is 2.32. The molecule has 60 valence electrons. The van der Waals surface area contributed by atoms with Gasteiger partial charge in [-0.25, -0.2) is 0 Å². The Morgan fingerprint density at radius 3 is 2.60 bits per heavy atom. The van der Waals surface area contributed by atoms with Crippen LogP contribution in [-0.4, -0.2) is 12.6 Å². The molecular weight excluding hydrogens is 122 g/mol. The summed E-state index contributed by atoms with van der Waals surface area (Å²) in [6.45, 7) is 8.22. The topological polar surface area (TPSA) is 12.0 Å². The standard InChI is InChI=1S/C9H19N/c1-4-5-8-9(2,3)6-7-10-8/h8,10H,4-7H2,1-3H3. The predicted octanol–water partition coefficient (Wildman–Crippen LogP) is 2.17. The SMILES string of the molecule is CCCC1NCCC1(C)C. The Morgan fingerprint density at radius 1 is 1.50 bits per heavy atom. The fourth-order valence-corrected chi connectivity index (χ4v) is 1.80. The zero-order chi connectivity index (χ0) is 7.61. The quantitative estimate of drug-likeness (QED) is 0.621. The minimum absolute atomic E-state index is 0.552. The van der Waals surface area contributed by atoms with Gasteiger partial charge in [-0.15, -0.1) is 0 Å². The zero-order valence-electron chi connectivity index (χ0n) is 7.41. The summed E-state index contributed by atoms with van der Waals surface area (Å²) in [5.41, 5.74) is 0.552. The minimum atomic E-state index is 0.552. The van der Waals surface area contributed by atoms with Gasteiger partial charge in [-0.1, -0.05) is 27.2 Å². The van der Waals surface area contributed by atoms with Crippen LogP contribution in [0.1, 0.15) is 40.0 Å².